The Morgan fingerprint density at radius 3 is 2.48 bits per heavy atom. The molecule has 3 aromatic rings. The summed E-state index contributed by atoms with van der Waals surface area (Å²) in [4.78, 5) is 41.5. The number of anilines is 1. The van der Waals surface area contributed by atoms with Crippen molar-refractivity contribution < 1.29 is 41.1 Å². The Labute approximate surface area is 307 Å². The van der Waals surface area contributed by atoms with Gasteiger partial charge < -0.3 is 33.7 Å². The van der Waals surface area contributed by atoms with Gasteiger partial charge in [0.25, 0.3) is 0 Å². The summed E-state index contributed by atoms with van der Waals surface area (Å²) in [5, 5.41) is 0.234. The van der Waals surface area contributed by atoms with Gasteiger partial charge in [-0.25, -0.2) is 18.0 Å². The van der Waals surface area contributed by atoms with Gasteiger partial charge in [0.2, 0.25) is 10.0 Å². The Bertz CT molecular complexity index is 1840. The predicted octanol–water partition coefficient (Wildman–Crippen LogP) is 4.97. The first-order valence-corrected chi connectivity index (χ1v) is 17.0. The van der Waals surface area contributed by atoms with Crippen LogP contribution in [0.4, 0.5) is 10.5 Å². The summed E-state index contributed by atoms with van der Waals surface area (Å²) < 4.78 is 53.4. The van der Waals surface area contributed by atoms with Crippen molar-refractivity contribution in [2.45, 2.75) is 39.4 Å². The van der Waals surface area contributed by atoms with Crippen molar-refractivity contribution in [3.8, 4) is 5.75 Å². The topological polar surface area (TPSA) is 184 Å². The fraction of sp³-hybridized carbons (Fsp3) is 0.375. The molecular formula is C32H39Cl3N4O10S. The molecule has 0 spiro atoms. The van der Waals surface area contributed by atoms with E-state index in [4.69, 9.17) is 40.4 Å². The van der Waals surface area contributed by atoms with E-state index in [-0.39, 0.29) is 78.7 Å². The number of amides is 1. The van der Waals surface area contributed by atoms with E-state index in [1.807, 2.05) is 7.05 Å². The summed E-state index contributed by atoms with van der Waals surface area (Å²) in [6.45, 7) is 4.38. The van der Waals surface area contributed by atoms with Crippen LogP contribution in [0.3, 0.4) is 0 Å². The number of benzene rings is 2. The van der Waals surface area contributed by atoms with Crippen molar-refractivity contribution in [1.82, 2.24) is 4.90 Å². The quantitative estimate of drug-likeness (QED) is 0.140. The number of likely N-dealkylation sites (tertiary alicyclic amines) is 1. The number of carbonyl (C=O) groups is 2. The van der Waals surface area contributed by atoms with Crippen molar-refractivity contribution >= 4 is 76.1 Å². The van der Waals surface area contributed by atoms with Gasteiger partial charge in [-0.2, -0.15) is 4.99 Å². The lowest BCUT2D eigenvalue weighted by molar-refractivity contribution is -0.139. The molecule has 0 atom stereocenters. The molecular weight excluding hydrogens is 739 g/mol. The molecule has 0 saturated carbocycles. The first-order valence-electron chi connectivity index (χ1n) is 15.0. The number of piperidine rings is 1. The van der Waals surface area contributed by atoms with E-state index in [1.54, 1.807) is 55.5 Å². The van der Waals surface area contributed by atoms with E-state index in [2.05, 4.69) is 9.89 Å². The maximum Gasteiger partial charge on any atom is 0.519 e. The number of nitrogens with zero attached hydrogens (tertiary/aromatic N) is 3. The molecule has 0 unspecified atom stereocenters. The molecule has 1 fully saturated rings. The van der Waals surface area contributed by atoms with Gasteiger partial charge in [-0.3, -0.25) is 9.10 Å². The van der Waals surface area contributed by atoms with E-state index in [1.165, 1.54) is 13.0 Å². The molecule has 0 aliphatic carbocycles. The smallest absolute Gasteiger partial charge is 0.489 e. The third-order valence-corrected chi connectivity index (χ3v) is 9.17. The normalized spacial score (nSPS) is 14.0. The van der Waals surface area contributed by atoms with Crippen molar-refractivity contribution in [2.75, 3.05) is 43.3 Å². The highest BCUT2D eigenvalue weighted by Crippen LogP contribution is 2.32. The number of hydrogen-bond donors (Lipinski definition) is 1. The van der Waals surface area contributed by atoms with Crippen LogP contribution in [0.2, 0.25) is 5.02 Å². The molecule has 1 aromatic heterocycles. The number of sulfonamides is 1. The molecule has 1 amide bonds. The van der Waals surface area contributed by atoms with Crippen LogP contribution in [-0.2, 0) is 30.9 Å². The Morgan fingerprint density at radius 1 is 1.12 bits per heavy atom. The number of halogens is 3. The highest BCUT2D eigenvalue weighted by atomic mass is 35.5. The van der Waals surface area contributed by atoms with Gasteiger partial charge in [0.05, 0.1) is 23.9 Å². The number of hydrogen-bond acceptors (Lipinski definition) is 11. The van der Waals surface area contributed by atoms with Crippen molar-refractivity contribution in [2.24, 2.45) is 10.7 Å². The Hall–Kier alpha value is -4.02. The van der Waals surface area contributed by atoms with Gasteiger partial charge in [-0.15, -0.1) is 24.8 Å². The van der Waals surface area contributed by atoms with Crippen LogP contribution in [0.5, 0.6) is 5.75 Å². The maximum absolute atomic E-state index is 13.4. The standard InChI is InChI=1S/C32H37ClN4O10S.2ClH/c1-4-43-29(38)20-48(41,42)37(24-10-11-27(26(33)18-24)46-25-12-15-36(3)16-13-25)14-6-8-22-7-5-9-23(17-22)30(34)35-31(39)44-19-28-21(2)45-32(40)47-28;;/h5-11,17-18,25H,4,12-16,19-20H2,1-3H3,(H2,34,35,39);2*1H/b8-6+;;. The van der Waals surface area contributed by atoms with E-state index in [9.17, 15) is 22.8 Å². The second kappa shape index (κ2) is 19.4. The van der Waals surface area contributed by atoms with Crippen molar-refractivity contribution in [3.05, 3.63) is 86.8 Å². The summed E-state index contributed by atoms with van der Waals surface area (Å²) in [5.41, 5.74) is 7.25. The third-order valence-electron chi connectivity index (χ3n) is 7.24. The average molecular weight is 778 g/mol. The van der Waals surface area contributed by atoms with E-state index < -0.39 is 33.7 Å². The molecule has 2 N–H and O–H groups in total. The third kappa shape index (κ3) is 12.1. The minimum absolute atomic E-state index is 0. The van der Waals surface area contributed by atoms with Crippen LogP contribution in [0.15, 0.2) is 67.2 Å². The van der Waals surface area contributed by atoms with Gasteiger partial charge in [0.1, 0.15) is 17.7 Å². The lowest BCUT2D eigenvalue weighted by Gasteiger charge is -2.30. The minimum atomic E-state index is -4.19. The van der Waals surface area contributed by atoms with Crippen LogP contribution in [0, 0.1) is 6.92 Å². The molecule has 1 saturated heterocycles. The van der Waals surface area contributed by atoms with Gasteiger partial charge in [-0.1, -0.05) is 42.0 Å². The van der Waals surface area contributed by atoms with Crippen LogP contribution in [0.1, 0.15) is 42.4 Å². The minimum Gasteiger partial charge on any atom is -0.489 e. The molecule has 2 aromatic carbocycles. The molecule has 0 bridgehead atoms. The highest BCUT2D eigenvalue weighted by Gasteiger charge is 2.27. The number of rotatable bonds is 13. The fourth-order valence-electron chi connectivity index (χ4n) is 4.75. The number of aryl methyl sites for hydroxylation is 1. The first kappa shape index (κ1) is 42.1. The number of amidine groups is 1. The molecule has 2 heterocycles. The van der Waals surface area contributed by atoms with Gasteiger partial charge in [0.15, 0.2) is 23.9 Å². The largest absolute Gasteiger partial charge is 0.519 e. The second-order valence-corrected chi connectivity index (χ2v) is 13.1. The molecule has 0 radical (unpaired) electrons. The predicted molar refractivity (Wildman–Crippen MR) is 193 cm³/mol. The Morgan fingerprint density at radius 2 is 1.84 bits per heavy atom. The van der Waals surface area contributed by atoms with Gasteiger partial charge in [-0.05, 0) is 63.6 Å². The van der Waals surface area contributed by atoms with E-state index >= 15 is 0 Å². The van der Waals surface area contributed by atoms with Gasteiger partial charge >= 0.3 is 17.9 Å². The number of nitrogens with two attached hydrogens (primary N) is 1. The lowest BCUT2D eigenvalue weighted by Crippen LogP contribution is -2.36. The molecule has 50 heavy (non-hydrogen) atoms. The lowest BCUT2D eigenvalue weighted by atomic mass is 10.1. The number of ether oxygens (including phenoxy) is 3. The summed E-state index contributed by atoms with van der Waals surface area (Å²) in [7, 11) is -2.14. The first-order chi connectivity index (χ1) is 22.8. The van der Waals surface area contributed by atoms with E-state index in [0.717, 1.165) is 30.2 Å². The summed E-state index contributed by atoms with van der Waals surface area (Å²) in [6.07, 6.45) is 3.89. The number of aliphatic imine (C=N–C) groups is 1. The molecule has 1 aliphatic rings. The Kier molecular flexibility index (Phi) is 16.3. The molecule has 4 rings (SSSR count). The fourth-order valence-corrected chi connectivity index (χ4v) is 6.25. The average Bonchev–Trinajstić information content (AvgIpc) is 3.36. The van der Waals surface area contributed by atoms with E-state index in [0.29, 0.717) is 16.9 Å². The zero-order valence-corrected chi connectivity index (χ0v) is 30.7. The second-order valence-electron chi connectivity index (χ2n) is 10.8. The van der Waals surface area contributed by atoms with Crippen LogP contribution >= 0.6 is 36.4 Å². The molecule has 18 heteroatoms. The van der Waals surface area contributed by atoms with Crippen molar-refractivity contribution in [3.63, 3.8) is 0 Å². The highest BCUT2D eigenvalue weighted by molar-refractivity contribution is 7.93. The maximum atomic E-state index is 13.4. The van der Waals surface area contributed by atoms with Crippen LogP contribution < -0.4 is 20.6 Å². The monoisotopic (exact) mass is 776 g/mol. The Balaban J connectivity index is 0.00000433. The van der Waals surface area contributed by atoms with Crippen molar-refractivity contribution in [1.29, 1.82) is 0 Å². The molecule has 1 aliphatic heterocycles. The van der Waals surface area contributed by atoms with Gasteiger partial charge in [0, 0.05) is 18.7 Å². The van der Waals surface area contributed by atoms with Crippen LogP contribution in [0.25, 0.3) is 6.08 Å². The zero-order valence-electron chi connectivity index (χ0n) is 27.5. The zero-order chi connectivity index (χ0) is 34.8. The number of esters is 1. The molecule has 274 valence electrons. The summed E-state index contributed by atoms with van der Waals surface area (Å²) in [6, 6.07) is 11.3. The molecule has 14 nitrogen and oxygen atoms in total. The summed E-state index contributed by atoms with van der Waals surface area (Å²) in [5.74, 6) is -2.15. The number of carbonyl (C=O) groups excluding carboxylic acids is 2. The van der Waals surface area contributed by atoms with Crippen LogP contribution in [-0.4, -0.2) is 76.4 Å². The summed E-state index contributed by atoms with van der Waals surface area (Å²) >= 11 is 6.55. The SMILES string of the molecule is CCOC(=O)CS(=O)(=O)N(C/C=C/c1cccc(/C(N)=N/C(=O)OCc2oc(=O)oc2C)c1)c1ccc(OC2CCN(C)CC2)c(Cl)c1.Cl.Cl.